The first-order valence-corrected chi connectivity index (χ1v) is 5.57. The van der Waals surface area contributed by atoms with Gasteiger partial charge in [0.15, 0.2) is 0 Å². The van der Waals surface area contributed by atoms with E-state index in [0.29, 0.717) is 0 Å². The summed E-state index contributed by atoms with van der Waals surface area (Å²) < 4.78 is 35.9. The van der Waals surface area contributed by atoms with E-state index in [1.807, 2.05) is 5.32 Å². The number of carbonyl (C=O) groups is 4. The Labute approximate surface area is 116 Å². The van der Waals surface area contributed by atoms with E-state index in [4.69, 9.17) is 10.2 Å². The van der Waals surface area contributed by atoms with E-state index in [-0.39, 0.29) is 0 Å². The van der Waals surface area contributed by atoms with Crippen LogP contribution in [0.3, 0.4) is 0 Å². The van der Waals surface area contributed by atoms with Gasteiger partial charge in [-0.2, -0.15) is 13.2 Å². The van der Waals surface area contributed by atoms with Crippen molar-refractivity contribution in [1.29, 1.82) is 0 Å². The molecular formula is C10H13F3N2O6. The summed E-state index contributed by atoms with van der Waals surface area (Å²) in [5, 5.41) is 20.3. The molecule has 0 aromatic heterocycles. The first kappa shape index (κ1) is 18.7. The Kier molecular flexibility index (Phi) is 6.62. The van der Waals surface area contributed by atoms with E-state index >= 15 is 0 Å². The molecule has 0 saturated heterocycles. The van der Waals surface area contributed by atoms with E-state index in [1.54, 1.807) is 0 Å². The second kappa shape index (κ2) is 7.45. The van der Waals surface area contributed by atoms with Crippen LogP contribution < -0.4 is 10.6 Å². The van der Waals surface area contributed by atoms with Crippen molar-refractivity contribution in [3.8, 4) is 0 Å². The van der Waals surface area contributed by atoms with Crippen molar-refractivity contribution < 1.29 is 42.6 Å². The van der Waals surface area contributed by atoms with Crippen molar-refractivity contribution in [2.45, 2.75) is 38.0 Å². The molecule has 0 aliphatic carbocycles. The summed E-state index contributed by atoms with van der Waals surface area (Å²) in [7, 11) is 0. The van der Waals surface area contributed by atoms with Gasteiger partial charge < -0.3 is 20.8 Å². The fraction of sp³-hybridized carbons (Fsp3) is 0.600. The highest BCUT2D eigenvalue weighted by molar-refractivity contribution is 5.91. The third-order valence-corrected chi connectivity index (χ3v) is 2.26. The molecule has 2 atom stereocenters. The van der Waals surface area contributed by atoms with E-state index in [2.05, 4.69) is 0 Å². The minimum absolute atomic E-state index is 0.448. The van der Waals surface area contributed by atoms with Gasteiger partial charge in [-0.3, -0.25) is 14.4 Å². The molecule has 2 amide bonds. The number of amides is 2. The lowest BCUT2D eigenvalue weighted by Gasteiger charge is -2.18. The molecule has 0 aromatic carbocycles. The Morgan fingerprint density at radius 2 is 1.62 bits per heavy atom. The molecule has 0 spiro atoms. The van der Waals surface area contributed by atoms with Crippen LogP contribution in [0, 0.1) is 0 Å². The number of aliphatic carboxylic acids is 2. The fourth-order valence-corrected chi connectivity index (χ4v) is 1.17. The normalized spacial score (nSPS) is 13.9. The van der Waals surface area contributed by atoms with Crippen LogP contribution >= 0.6 is 0 Å². The molecule has 8 nitrogen and oxygen atoms in total. The zero-order valence-electron chi connectivity index (χ0n) is 10.7. The molecule has 11 heteroatoms. The van der Waals surface area contributed by atoms with Crippen LogP contribution in [-0.4, -0.2) is 52.2 Å². The minimum atomic E-state index is -5.18. The van der Waals surface area contributed by atoms with Gasteiger partial charge >= 0.3 is 24.0 Å². The average Bonchev–Trinajstić information content (AvgIpc) is 2.31. The van der Waals surface area contributed by atoms with Crippen LogP contribution in [0.5, 0.6) is 0 Å². The zero-order chi connectivity index (χ0) is 16.8. The van der Waals surface area contributed by atoms with Crippen molar-refractivity contribution in [3.05, 3.63) is 0 Å². The van der Waals surface area contributed by atoms with Crippen molar-refractivity contribution in [3.63, 3.8) is 0 Å². The van der Waals surface area contributed by atoms with E-state index in [1.165, 1.54) is 5.32 Å². The Bertz CT molecular complexity index is 437. The number of alkyl halides is 3. The van der Waals surface area contributed by atoms with Crippen LogP contribution in [0.1, 0.15) is 19.8 Å². The second-order valence-electron chi connectivity index (χ2n) is 4.02. The molecule has 0 aliphatic heterocycles. The lowest BCUT2D eigenvalue weighted by Crippen LogP contribution is -2.52. The molecule has 21 heavy (non-hydrogen) atoms. The number of carboxylic acids is 2. The zero-order valence-corrected chi connectivity index (χ0v) is 10.7. The predicted molar refractivity (Wildman–Crippen MR) is 60.1 cm³/mol. The monoisotopic (exact) mass is 314 g/mol. The molecular weight excluding hydrogens is 301 g/mol. The molecule has 120 valence electrons. The molecule has 0 heterocycles. The quantitative estimate of drug-likeness (QED) is 0.500. The van der Waals surface area contributed by atoms with Crippen LogP contribution in [0.15, 0.2) is 0 Å². The summed E-state index contributed by atoms with van der Waals surface area (Å²) in [6.07, 6.45) is -6.18. The van der Waals surface area contributed by atoms with Gasteiger partial charge in [0.25, 0.3) is 0 Å². The van der Waals surface area contributed by atoms with Crippen LogP contribution in [0.4, 0.5) is 13.2 Å². The largest absolute Gasteiger partial charge is 0.481 e. The lowest BCUT2D eigenvalue weighted by atomic mass is 10.1. The molecule has 4 N–H and O–H groups in total. The molecule has 0 rings (SSSR count). The number of hydrogen-bond acceptors (Lipinski definition) is 4. The van der Waals surface area contributed by atoms with Gasteiger partial charge in [-0.1, -0.05) is 0 Å². The summed E-state index contributed by atoms with van der Waals surface area (Å²) in [4.78, 5) is 43.2. The van der Waals surface area contributed by atoms with Crippen molar-refractivity contribution >= 4 is 23.8 Å². The average molecular weight is 314 g/mol. The predicted octanol–water partition coefficient (Wildman–Crippen LogP) is -0.512. The standard InChI is InChI=1S/C10H13F3N2O6/c1-4(14-9(21)10(11,12)13)7(18)15-5(8(19)20)2-3-6(16)17/h4-5H,2-3H2,1H3,(H,14,21)(H,15,18)(H,16,17)(H,19,20)/t4-,5+/m0/s1. The Balaban J connectivity index is 4.58. The minimum Gasteiger partial charge on any atom is -0.481 e. The molecule has 0 fully saturated rings. The van der Waals surface area contributed by atoms with Crippen molar-refractivity contribution in [2.75, 3.05) is 0 Å². The number of halogens is 3. The maximum Gasteiger partial charge on any atom is 0.471 e. The van der Waals surface area contributed by atoms with Crippen LogP contribution in [0.25, 0.3) is 0 Å². The highest BCUT2D eigenvalue weighted by atomic mass is 19.4. The molecule has 0 bridgehead atoms. The first-order valence-electron chi connectivity index (χ1n) is 5.57. The van der Waals surface area contributed by atoms with Crippen molar-refractivity contribution in [2.24, 2.45) is 0 Å². The van der Waals surface area contributed by atoms with Crippen LogP contribution in [0.2, 0.25) is 0 Å². The van der Waals surface area contributed by atoms with Crippen LogP contribution in [-0.2, 0) is 19.2 Å². The number of carbonyl (C=O) groups excluding carboxylic acids is 2. The molecule has 0 aromatic rings. The SMILES string of the molecule is C[C@H](NC(=O)C(F)(F)F)C(=O)N[C@H](CCC(=O)O)C(=O)O. The Morgan fingerprint density at radius 1 is 1.10 bits per heavy atom. The van der Waals surface area contributed by atoms with Gasteiger partial charge in [-0.15, -0.1) is 0 Å². The first-order chi connectivity index (χ1) is 9.45. The lowest BCUT2D eigenvalue weighted by molar-refractivity contribution is -0.174. The molecule has 0 aliphatic rings. The Hall–Kier alpha value is -2.33. The number of rotatable bonds is 7. The Morgan fingerprint density at radius 3 is 2.00 bits per heavy atom. The topological polar surface area (TPSA) is 133 Å². The van der Waals surface area contributed by atoms with Gasteiger partial charge in [0.05, 0.1) is 0 Å². The summed E-state index contributed by atoms with van der Waals surface area (Å²) >= 11 is 0. The summed E-state index contributed by atoms with van der Waals surface area (Å²) in [6.45, 7) is 0.926. The van der Waals surface area contributed by atoms with E-state index in [9.17, 15) is 32.3 Å². The van der Waals surface area contributed by atoms with Gasteiger partial charge in [0, 0.05) is 6.42 Å². The molecule has 0 radical (unpaired) electrons. The van der Waals surface area contributed by atoms with Crippen molar-refractivity contribution in [1.82, 2.24) is 10.6 Å². The third kappa shape index (κ3) is 7.13. The molecule has 0 unspecified atom stereocenters. The highest BCUT2D eigenvalue weighted by Crippen LogP contribution is 2.14. The summed E-state index contributed by atoms with van der Waals surface area (Å²) in [6, 6.07) is -3.22. The third-order valence-electron chi connectivity index (χ3n) is 2.26. The second-order valence-corrected chi connectivity index (χ2v) is 4.02. The molecule has 0 saturated carbocycles. The summed E-state index contributed by atoms with van der Waals surface area (Å²) in [5.41, 5.74) is 0. The maximum atomic E-state index is 12.0. The van der Waals surface area contributed by atoms with Gasteiger partial charge in [-0.05, 0) is 13.3 Å². The number of nitrogens with one attached hydrogen (secondary N) is 2. The van der Waals surface area contributed by atoms with Gasteiger partial charge in [0.2, 0.25) is 5.91 Å². The summed E-state index contributed by atoms with van der Waals surface area (Å²) in [5.74, 6) is -6.36. The van der Waals surface area contributed by atoms with E-state index < -0.39 is 54.9 Å². The number of carboxylic acid groups (broad SMARTS) is 2. The van der Waals surface area contributed by atoms with E-state index in [0.717, 1.165) is 6.92 Å². The smallest absolute Gasteiger partial charge is 0.471 e. The van der Waals surface area contributed by atoms with Gasteiger partial charge in [0.1, 0.15) is 12.1 Å². The van der Waals surface area contributed by atoms with Gasteiger partial charge in [-0.25, -0.2) is 4.79 Å². The fourth-order valence-electron chi connectivity index (χ4n) is 1.17. The maximum absolute atomic E-state index is 12.0. The highest BCUT2D eigenvalue weighted by Gasteiger charge is 2.40. The number of hydrogen-bond donors (Lipinski definition) is 4.